The molecule has 0 spiro atoms. The fourth-order valence-electron chi connectivity index (χ4n) is 0.987. The van der Waals surface area contributed by atoms with Crippen LogP contribution in [0.4, 0.5) is 0 Å². The molecule has 0 radical (unpaired) electrons. The second-order valence-electron chi connectivity index (χ2n) is 2.59. The van der Waals surface area contributed by atoms with E-state index in [2.05, 4.69) is 10.1 Å². The van der Waals surface area contributed by atoms with Crippen LogP contribution in [0, 0.1) is 0 Å². The zero-order chi connectivity index (χ0) is 9.97. The van der Waals surface area contributed by atoms with Crippen molar-refractivity contribution < 1.29 is 14.0 Å². The minimum Gasteiger partial charge on any atom is -0.441 e. The van der Waals surface area contributed by atoms with Gasteiger partial charge in [0.25, 0.3) is 0 Å². The van der Waals surface area contributed by atoms with Gasteiger partial charge >= 0.3 is 0 Å². The monoisotopic (exact) mass is 214 g/mol. The summed E-state index contributed by atoms with van der Waals surface area (Å²) in [4.78, 5) is 3.99. The van der Waals surface area contributed by atoms with Crippen molar-refractivity contribution in [3.05, 3.63) is 23.2 Å². The first-order valence-electron chi connectivity index (χ1n) is 3.99. The molecule has 0 aliphatic rings. The lowest BCUT2D eigenvalue weighted by Crippen LogP contribution is -1.89. The Morgan fingerprint density at radius 1 is 1.43 bits per heavy atom. The summed E-state index contributed by atoms with van der Waals surface area (Å²) in [6.45, 7) is -0.0272. The Kier molecular flexibility index (Phi) is 2.51. The van der Waals surface area contributed by atoms with E-state index in [4.69, 9.17) is 25.6 Å². The van der Waals surface area contributed by atoms with E-state index in [9.17, 15) is 0 Å². The van der Waals surface area contributed by atoms with Crippen LogP contribution in [0.2, 0.25) is 5.22 Å². The van der Waals surface area contributed by atoms with Crippen LogP contribution >= 0.6 is 11.6 Å². The number of hydrogen-bond donors (Lipinski definition) is 1. The van der Waals surface area contributed by atoms with Crippen molar-refractivity contribution in [2.45, 2.75) is 6.42 Å². The van der Waals surface area contributed by atoms with E-state index in [1.807, 2.05) is 0 Å². The quantitative estimate of drug-likeness (QED) is 0.839. The first-order chi connectivity index (χ1) is 6.79. The molecular formula is C8H7ClN2O3. The SMILES string of the molecule is OCCc1nc(-c2ccc(Cl)o2)no1. The molecule has 6 heteroatoms. The van der Waals surface area contributed by atoms with Gasteiger partial charge in [0.05, 0.1) is 13.0 Å². The second kappa shape index (κ2) is 3.81. The third kappa shape index (κ3) is 1.78. The van der Waals surface area contributed by atoms with E-state index >= 15 is 0 Å². The van der Waals surface area contributed by atoms with E-state index in [1.165, 1.54) is 0 Å². The van der Waals surface area contributed by atoms with Crippen LogP contribution in [0.25, 0.3) is 11.6 Å². The highest BCUT2D eigenvalue weighted by atomic mass is 35.5. The average molecular weight is 215 g/mol. The van der Waals surface area contributed by atoms with Crippen molar-refractivity contribution >= 4 is 11.6 Å². The van der Waals surface area contributed by atoms with Gasteiger partial charge in [0.2, 0.25) is 11.7 Å². The highest BCUT2D eigenvalue weighted by molar-refractivity contribution is 6.28. The van der Waals surface area contributed by atoms with Gasteiger partial charge < -0.3 is 14.0 Å². The summed E-state index contributed by atoms with van der Waals surface area (Å²) in [5.41, 5.74) is 0. The lowest BCUT2D eigenvalue weighted by molar-refractivity contribution is 0.274. The maximum Gasteiger partial charge on any atom is 0.238 e. The zero-order valence-electron chi connectivity index (χ0n) is 7.11. The molecule has 74 valence electrons. The van der Waals surface area contributed by atoms with Crippen LogP contribution in [-0.2, 0) is 6.42 Å². The predicted molar refractivity (Wildman–Crippen MR) is 47.8 cm³/mol. The van der Waals surface area contributed by atoms with Crippen molar-refractivity contribution in [3.8, 4) is 11.6 Å². The van der Waals surface area contributed by atoms with Crippen molar-refractivity contribution in [2.24, 2.45) is 0 Å². The summed E-state index contributed by atoms with van der Waals surface area (Å²) >= 11 is 5.59. The van der Waals surface area contributed by atoms with Crippen LogP contribution in [0.3, 0.4) is 0 Å². The lowest BCUT2D eigenvalue weighted by atomic mass is 10.4. The third-order valence-electron chi connectivity index (χ3n) is 1.59. The first-order valence-corrected chi connectivity index (χ1v) is 4.36. The minimum absolute atomic E-state index is 0.0272. The van der Waals surface area contributed by atoms with Crippen LogP contribution in [0.5, 0.6) is 0 Å². The maximum absolute atomic E-state index is 8.63. The van der Waals surface area contributed by atoms with Crippen molar-refractivity contribution in [2.75, 3.05) is 6.61 Å². The van der Waals surface area contributed by atoms with Crippen LogP contribution < -0.4 is 0 Å². The summed E-state index contributed by atoms with van der Waals surface area (Å²) in [5, 5.41) is 12.6. The highest BCUT2D eigenvalue weighted by Gasteiger charge is 2.11. The number of aromatic nitrogens is 2. The van der Waals surface area contributed by atoms with Crippen LogP contribution in [0.15, 0.2) is 21.1 Å². The molecule has 0 bridgehead atoms. The molecular weight excluding hydrogens is 208 g/mol. The second-order valence-corrected chi connectivity index (χ2v) is 2.96. The van der Waals surface area contributed by atoms with Crippen molar-refractivity contribution in [1.82, 2.24) is 10.1 Å². The molecule has 0 atom stereocenters. The summed E-state index contributed by atoms with van der Waals surface area (Å²) in [6.07, 6.45) is 0.335. The largest absolute Gasteiger partial charge is 0.441 e. The zero-order valence-corrected chi connectivity index (χ0v) is 7.86. The molecule has 2 aromatic heterocycles. The molecule has 0 amide bonds. The lowest BCUT2D eigenvalue weighted by Gasteiger charge is -1.84. The molecule has 0 fully saturated rings. The van der Waals surface area contributed by atoms with Crippen LogP contribution in [-0.4, -0.2) is 21.9 Å². The molecule has 1 N–H and O–H groups in total. The Labute approximate surface area is 84.3 Å². The Bertz CT molecular complexity index is 424. The molecule has 0 saturated carbocycles. The number of rotatable bonds is 3. The predicted octanol–water partition coefficient (Wildman–Crippen LogP) is 1.52. The summed E-state index contributed by atoms with van der Waals surface area (Å²) in [6, 6.07) is 3.24. The molecule has 0 saturated heterocycles. The Morgan fingerprint density at radius 3 is 2.93 bits per heavy atom. The number of aliphatic hydroxyl groups excluding tert-OH is 1. The molecule has 5 nitrogen and oxygen atoms in total. The number of nitrogens with zero attached hydrogens (tertiary/aromatic N) is 2. The number of halogens is 1. The summed E-state index contributed by atoms with van der Waals surface area (Å²) < 4.78 is 9.92. The van der Waals surface area contributed by atoms with Crippen molar-refractivity contribution in [1.29, 1.82) is 0 Å². The molecule has 2 heterocycles. The normalized spacial score (nSPS) is 10.7. The van der Waals surface area contributed by atoms with Gasteiger partial charge in [-0.05, 0) is 23.7 Å². The van der Waals surface area contributed by atoms with Gasteiger partial charge in [-0.2, -0.15) is 4.98 Å². The average Bonchev–Trinajstić information content (AvgIpc) is 2.74. The van der Waals surface area contributed by atoms with Gasteiger partial charge in [-0.3, -0.25) is 0 Å². The fourth-order valence-corrected chi connectivity index (χ4v) is 1.13. The molecule has 2 rings (SSSR count). The topological polar surface area (TPSA) is 72.3 Å². The van der Waals surface area contributed by atoms with Gasteiger partial charge in [0.15, 0.2) is 11.0 Å². The maximum atomic E-state index is 8.63. The Balaban J connectivity index is 2.24. The highest BCUT2D eigenvalue weighted by Crippen LogP contribution is 2.21. The van der Waals surface area contributed by atoms with Gasteiger partial charge in [-0.1, -0.05) is 5.16 Å². The van der Waals surface area contributed by atoms with Crippen LogP contribution in [0.1, 0.15) is 5.89 Å². The summed E-state index contributed by atoms with van der Waals surface area (Å²) in [7, 11) is 0. The van der Waals surface area contributed by atoms with Gasteiger partial charge in [-0.15, -0.1) is 0 Å². The molecule has 0 aliphatic heterocycles. The Hall–Kier alpha value is -1.33. The van der Waals surface area contributed by atoms with E-state index in [-0.39, 0.29) is 11.8 Å². The fraction of sp³-hybridized carbons (Fsp3) is 0.250. The molecule has 0 aliphatic carbocycles. The Morgan fingerprint density at radius 2 is 2.29 bits per heavy atom. The number of aliphatic hydroxyl groups is 1. The molecule has 0 aromatic carbocycles. The molecule has 0 unspecified atom stereocenters. The molecule has 2 aromatic rings. The summed E-state index contributed by atoms with van der Waals surface area (Å²) in [5.74, 6) is 1.15. The smallest absolute Gasteiger partial charge is 0.238 e. The van der Waals surface area contributed by atoms with Crippen molar-refractivity contribution in [3.63, 3.8) is 0 Å². The van der Waals surface area contributed by atoms with E-state index < -0.39 is 0 Å². The third-order valence-corrected chi connectivity index (χ3v) is 1.79. The minimum atomic E-state index is -0.0272. The number of furan rings is 1. The van der Waals surface area contributed by atoms with E-state index in [0.29, 0.717) is 23.9 Å². The van der Waals surface area contributed by atoms with Gasteiger partial charge in [0.1, 0.15) is 0 Å². The standard InChI is InChI=1S/C8H7ClN2O3/c9-6-2-1-5(13-6)8-10-7(3-4-12)14-11-8/h1-2,12H,3-4H2. The molecule has 14 heavy (non-hydrogen) atoms. The van der Waals surface area contributed by atoms with E-state index in [0.717, 1.165) is 0 Å². The number of hydrogen-bond acceptors (Lipinski definition) is 5. The van der Waals surface area contributed by atoms with Gasteiger partial charge in [0, 0.05) is 0 Å². The first kappa shape index (κ1) is 9.23. The van der Waals surface area contributed by atoms with Gasteiger partial charge in [-0.25, -0.2) is 0 Å². The van der Waals surface area contributed by atoms with E-state index in [1.54, 1.807) is 12.1 Å².